The molecule has 1 aliphatic carbocycles. The molecule has 8 heteroatoms. The molecule has 1 unspecified atom stereocenters. The first-order valence-corrected chi connectivity index (χ1v) is 17.9. The van der Waals surface area contributed by atoms with Crippen LogP contribution < -0.4 is 0 Å². The molecule has 0 aliphatic heterocycles. The minimum absolute atomic E-state index is 0.0762. The molecule has 2 aromatic heterocycles. The van der Waals surface area contributed by atoms with Crippen molar-refractivity contribution in [2.24, 2.45) is 5.92 Å². The van der Waals surface area contributed by atoms with Gasteiger partial charge in [0.25, 0.3) is 0 Å². The number of halogens is 3. The summed E-state index contributed by atoms with van der Waals surface area (Å²) in [6.07, 6.45) is 10.5. The maximum absolute atomic E-state index is 13.6. The van der Waals surface area contributed by atoms with E-state index < -0.39 is 44.9 Å². The van der Waals surface area contributed by atoms with Gasteiger partial charge in [-0.3, -0.25) is 0 Å². The molecule has 1 saturated carbocycles. The molecule has 3 rings (SSSR count). The van der Waals surface area contributed by atoms with Crippen LogP contribution in [0.1, 0.15) is 43.0 Å². The fourth-order valence-corrected chi connectivity index (χ4v) is 14.5. The van der Waals surface area contributed by atoms with Crippen LogP contribution in [0.3, 0.4) is 0 Å². The minimum atomic E-state index is -2.43. The van der Waals surface area contributed by atoms with E-state index in [4.69, 9.17) is 0 Å². The third kappa shape index (κ3) is 5.55. The van der Waals surface area contributed by atoms with Gasteiger partial charge in [0.1, 0.15) is 0 Å². The summed E-state index contributed by atoms with van der Waals surface area (Å²) in [5.74, 6) is -1.95. The Morgan fingerprint density at radius 3 is 2.80 bits per heavy atom. The Kier molecular flexibility index (Phi) is 7.92. The molecule has 134 valence electrons. The second kappa shape index (κ2) is 9.52. The second-order valence-electron chi connectivity index (χ2n) is 6.80. The van der Waals surface area contributed by atoms with Crippen molar-refractivity contribution >= 4 is 71.0 Å². The van der Waals surface area contributed by atoms with Crippen LogP contribution in [0.25, 0.3) is 0 Å². The van der Waals surface area contributed by atoms with Crippen molar-refractivity contribution in [1.29, 1.82) is 0 Å². The van der Waals surface area contributed by atoms with Gasteiger partial charge in [-0.15, -0.1) is 0 Å². The molecule has 0 radical (unpaired) electrons. The van der Waals surface area contributed by atoms with E-state index in [-0.39, 0.29) is 18.9 Å². The van der Waals surface area contributed by atoms with Gasteiger partial charge in [0.05, 0.1) is 0 Å². The second-order valence-corrected chi connectivity index (χ2v) is 18.8. The molecular weight excluding hydrogens is 502 g/mol. The van der Waals surface area contributed by atoms with Gasteiger partial charge in [-0.05, 0) is 0 Å². The molecule has 1 aliphatic rings. The number of imidazole rings is 1. The van der Waals surface area contributed by atoms with Crippen molar-refractivity contribution in [2.75, 3.05) is 6.26 Å². The van der Waals surface area contributed by atoms with Crippen molar-refractivity contribution < 1.29 is 8.78 Å². The summed E-state index contributed by atoms with van der Waals surface area (Å²) in [5, 5.41) is 2.11. The number of rotatable bonds is 7. The van der Waals surface area contributed by atoms with Gasteiger partial charge in [0.15, 0.2) is 0 Å². The van der Waals surface area contributed by atoms with Gasteiger partial charge in [-0.1, -0.05) is 0 Å². The third-order valence-electron chi connectivity index (χ3n) is 5.17. The third-order valence-corrected chi connectivity index (χ3v) is 16.0. The number of alkyl halides is 2. The van der Waals surface area contributed by atoms with Crippen LogP contribution in [0.15, 0.2) is 34.6 Å². The maximum atomic E-state index is 13.6. The standard InChI is InChI=1S/C16H18BrF2N2S.CH4S.Sr/c17-13-5-10-22-15(13)14(21-9-8-20-11-21)2-1-12-3-6-16(18,19)7-4-12;1-2;/h1,5,8-12,14H,2-4,6-7H2;2H,1H3;/q;;+1/p-1. The van der Waals surface area contributed by atoms with Crippen LogP contribution in [0.2, 0.25) is 0.889 Å². The van der Waals surface area contributed by atoms with E-state index >= 15 is 0 Å². The van der Waals surface area contributed by atoms with Gasteiger partial charge in [0.2, 0.25) is 0 Å². The molecule has 25 heavy (non-hydrogen) atoms. The number of thiophene rings is 1. The van der Waals surface area contributed by atoms with Crippen LogP contribution in [0, 0.1) is 5.92 Å². The van der Waals surface area contributed by atoms with Crippen LogP contribution in [-0.4, -0.2) is 60.7 Å². The van der Waals surface area contributed by atoms with Crippen LogP contribution >= 0.6 is 32.0 Å². The molecule has 0 N–H and O–H groups in total. The molecule has 0 bridgehead atoms. The first kappa shape index (κ1) is 20.8. The van der Waals surface area contributed by atoms with E-state index in [0.29, 0.717) is 19.6 Å². The Labute approximate surface area is 183 Å². The summed E-state index contributed by atoms with van der Waals surface area (Å²) >= 11 is 4.39. The van der Waals surface area contributed by atoms with E-state index in [1.165, 1.54) is 4.88 Å². The van der Waals surface area contributed by atoms with Crippen molar-refractivity contribution in [2.45, 2.75) is 45.0 Å². The fraction of sp³-hybridized carbons (Fsp3) is 0.588. The Balaban J connectivity index is 1.79. The van der Waals surface area contributed by atoms with Gasteiger partial charge >= 0.3 is 186 Å². The number of nitrogens with zero attached hydrogens (tertiary/aromatic N) is 2. The van der Waals surface area contributed by atoms with Crippen molar-refractivity contribution in [3.63, 3.8) is 0 Å². The summed E-state index contributed by atoms with van der Waals surface area (Å²) in [7, 11) is 0. The Morgan fingerprint density at radius 1 is 1.48 bits per heavy atom. The van der Waals surface area contributed by atoms with E-state index in [1.54, 1.807) is 11.3 Å². The molecule has 0 spiro atoms. The molecule has 0 amide bonds. The zero-order valence-electron chi connectivity index (χ0n) is 14.2. The fourth-order valence-electron chi connectivity index (χ4n) is 3.79. The molecule has 0 aromatic carbocycles. The summed E-state index contributed by atoms with van der Waals surface area (Å²) in [5.41, 5.74) is 0. The summed E-state index contributed by atoms with van der Waals surface area (Å²) < 4.78 is 33.2. The summed E-state index contributed by atoms with van der Waals surface area (Å²) in [6.45, 7) is 0. The molecule has 2 aromatic rings. The molecule has 0 saturated heterocycles. The normalized spacial score (nSPS) is 20.2. The molecular formula is C17H21BrF2N2S2Sr. The van der Waals surface area contributed by atoms with E-state index in [0.717, 1.165) is 10.9 Å². The topological polar surface area (TPSA) is 17.8 Å². The first-order chi connectivity index (χ1) is 12.0. The Bertz CT molecular complexity index is 655. The quantitative estimate of drug-likeness (QED) is 0.398. The van der Waals surface area contributed by atoms with Crippen molar-refractivity contribution in [3.05, 3.63) is 39.5 Å². The number of hydrogen-bond donors (Lipinski definition) is 0. The Morgan fingerprint density at radius 2 is 2.24 bits per heavy atom. The van der Waals surface area contributed by atoms with Crippen LogP contribution in [0.5, 0.6) is 0 Å². The van der Waals surface area contributed by atoms with Crippen LogP contribution in [-0.2, 0) is 0 Å². The van der Waals surface area contributed by atoms with E-state index in [9.17, 15) is 8.78 Å². The van der Waals surface area contributed by atoms with Crippen molar-refractivity contribution in [1.82, 2.24) is 9.55 Å². The predicted octanol–water partition coefficient (Wildman–Crippen LogP) is 6.28. The summed E-state index contributed by atoms with van der Waals surface area (Å²) in [6, 6.07) is 2.35. The average molecular weight is 523 g/mol. The van der Waals surface area contributed by atoms with E-state index in [1.807, 2.05) is 23.5 Å². The SMILES string of the molecule is C[S][Sr][C@@H](CC(c1sccc1Br)n1ccnc1)C1CCC(F)(F)CC1. The molecule has 2 nitrogen and oxygen atoms in total. The molecule has 1 fully saturated rings. The van der Waals surface area contributed by atoms with Gasteiger partial charge in [-0.2, -0.15) is 0 Å². The van der Waals surface area contributed by atoms with Gasteiger partial charge in [0, 0.05) is 0 Å². The Hall–Kier alpha value is 1.08. The van der Waals surface area contributed by atoms with Gasteiger partial charge in [-0.25, -0.2) is 0 Å². The molecule has 2 heterocycles. The van der Waals surface area contributed by atoms with Gasteiger partial charge < -0.3 is 0 Å². The van der Waals surface area contributed by atoms with E-state index in [2.05, 4.69) is 43.2 Å². The predicted molar refractivity (Wildman–Crippen MR) is 107 cm³/mol. The average Bonchev–Trinajstić information content (AvgIpc) is 3.24. The summed E-state index contributed by atoms with van der Waals surface area (Å²) in [4.78, 5) is 5.55. The van der Waals surface area contributed by atoms with Crippen LogP contribution in [0.4, 0.5) is 8.78 Å². The number of hydrogen-bond acceptors (Lipinski definition) is 3. The zero-order chi connectivity index (χ0) is 17.9. The monoisotopic (exact) mass is 522 g/mol. The number of aromatic nitrogens is 2. The molecule has 2 atom stereocenters. The van der Waals surface area contributed by atoms with Crippen molar-refractivity contribution in [3.8, 4) is 0 Å². The zero-order valence-corrected chi connectivity index (χ0v) is 20.9. The first-order valence-electron chi connectivity index (χ1n) is 8.57.